The molecule has 1 atom stereocenters. The number of aryl methyl sites for hydroxylation is 1. The summed E-state index contributed by atoms with van der Waals surface area (Å²) in [5.41, 5.74) is 7.83. The largest absolute Gasteiger partial charge is 0.494 e. The molecule has 1 aromatic heterocycles. The van der Waals surface area contributed by atoms with E-state index in [-0.39, 0.29) is 5.57 Å². The average Bonchev–Trinajstić information content (AvgIpc) is 2.99. The molecule has 1 heterocycles. The molecule has 1 unspecified atom stereocenters. The maximum atomic E-state index is 12.3. The quantitative estimate of drug-likeness (QED) is 0.398. The van der Waals surface area contributed by atoms with Gasteiger partial charge in [0.15, 0.2) is 6.10 Å². The van der Waals surface area contributed by atoms with Crippen molar-refractivity contribution in [3.05, 3.63) is 52.9 Å². The van der Waals surface area contributed by atoms with Crippen molar-refractivity contribution < 1.29 is 23.9 Å². The number of hydrogen-bond acceptors (Lipinski definition) is 6. The van der Waals surface area contributed by atoms with Gasteiger partial charge in [-0.2, -0.15) is 5.26 Å². The molecule has 0 aliphatic heterocycles. The number of nitrogens with zero attached hydrogens (tertiary/aromatic N) is 2. The predicted octanol–water partition coefficient (Wildman–Crippen LogP) is 2.53. The predicted molar refractivity (Wildman–Crippen MR) is 113 cm³/mol. The Balaban J connectivity index is 2.28. The van der Waals surface area contributed by atoms with E-state index in [1.165, 1.54) is 13.0 Å². The van der Waals surface area contributed by atoms with Crippen LogP contribution in [0.2, 0.25) is 0 Å². The lowest BCUT2D eigenvalue weighted by Gasteiger charge is -2.12. The minimum atomic E-state index is -1.30. The molecule has 162 valence electrons. The Kier molecular flexibility index (Phi) is 7.58. The fourth-order valence-corrected chi connectivity index (χ4v) is 2.98. The fourth-order valence-electron chi connectivity index (χ4n) is 2.98. The second-order valence-corrected chi connectivity index (χ2v) is 6.66. The maximum Gasteiger partial charge on any atom is 0.349 e. The van der Waals surface area contributed by atoms with Crippen molar-refractivity contribution in [2.75, 3.05) is 6.61 Å². The summed E-state index contributed by atoms with van der Waals surface area (Å²) in [6.45, 7) is 7.52. The smallest absolute Gasteiger partial charge is 0.349 e. The highest BCUT2D eigenvalue weighted by Crippen LogP contribution is 2.24. The van der Waals surface area contributed by atoms with Crippen LogP contribution in [0.1, 0.15) is 30.8 Å². The van der Waals surface area contributed by atoms with Crippen LogP contribution in [0.15, 0.2) is 35.9 Å². The second kappa shape index (κ2) is 10.1. The van der Waals surface area contributed by atoms with Crippen molar-refractivity contribution >= 4 is 24.0 Å². The standard InChI is InChI=1S/C22H24N4O5/c1-5-30-19-8-6-18(7-9-19)26-13(2)10-16(14(26)3)11-17(12-23)21(28)31-15(4)20(27)25-22(24)29/h6-11,15H,5H2,1-4H3,(H3,24,25,27,29)/b17-11+. The lowest BCUT2D eigenvalue weighted by atomic mass is 10.1. The molecule has 0 spiro atoms. The van der Waals surface area contributed by atoms with Gasteiger partial charge >= 0.3 is 12.0 Å². The Labute approximate surface area is 180 Å². The Bertz CT molecular complexity index is 1060. The highest BCUT2D eigenvalue weighted by Gasteiger charge is 2.22. The second-order valence-electron chi connectivity index (χ2n) is 6.66. The molecular formula is C22H24N4O5. The van der Waals surface area contributed by atoms with Gasteiger partial charge in [-0.25, -0.2) is 9.59 Å². The number of urea groups is 1. The molecule has 2 aromatic rings. The van der Waals surface area contributed by atoms with E-state index in [2.05, 4.69) is 0 Å². The Hall–Kier alpha value is -4.06. The third kappa shape index (κ3) is 5.73. The first kappa shape index (κ1) is 23.2. The zero-order valence-corrected chi connectivity index (χ0v) is 17.8. The zero-order chi connectivity index (χ0) is 23.1. The first-order valence-corrected chi connectivity index (χ1v) is 9.53. The molecule has 0 saturated carbocycles. The number of primary amides is 1. The summed E-state index contributed by atoms with van der Waals surface area (Å²) in [4.78, 5) is 34.7. The van der Waals surface area contributed by atoms with Crippen LogP contribution in [0.5, 0.6) is 5.75 Å². The van der Waals surface area contributed by atoms with Gasteiger partial charge in [0.2, 0.25) is 0 Å². The molecule has 0 aliphatic rings. The minimum Gasteiger partial charge on any atom is -0.494 e. The van der Waals surface area contributed by atoms with Gasteiger partial charge in [-0.05, 0) is 69.7 Å². The molecule has 3 N–H and O–H groups in total. The number of nitrogens with two attached hydrogens (primary N) is 1. The lowest BCUT2D eigenvalue weighted by Crippen LogP contribution is -2.42. The van der Waals surface area contributed by atoms with Crippen molar-refractivity contribution in [2.24, 2.45) is 5.73 Å². The molecule has 2 rings (SSSR count). The van der Waals surface area contributed by atoms with E-state index in [0.29, 0.717) is 12.2 Å². The number of hydrogen-bond donors (Lipinski definition) is 2. The molecule has 9 nitrogen and oxygen atoms in total. The zero-order valence-electron chi connectivity index (χ0n) is 17.8. The normalized spacial score (nSPS) is 11.9. The highest BCUT2D eigenvalue weighted by atomic mass is 16.5. The molecule has 9 heteroatoms. The summed E-state index contributed by atoms with van der Waals surface area (Å²) in [7, 11) is 0. The van der Waals surface area contributed by atoms with Gasteiger partial charge < -0.3 is 19.8 Å². The van der Waals surface area contributed by atoms with E-state index < -0.39 is 24.0 Å². The van der Waals surface area contributed by atoms with Crippen molar-refractivity contribution in [3.63, 3.8) is 0 Å². The number of carbonyl (C=O) groups is 3. The van der Waals surface area contributed by atoms with Gasteiger partial charge in [-0.1, -0.05) is 0 Å². The van der Waals surface area contributed by atoms with Crippen LogP contribution in [-0.2, 0) is 14.3 Å². The Morgan fingerprint density at radius 2 is 1.90 bits per heavy atom. The van der Waals surface area contributed by atoms with E-state index in [1.807, 2.05) is 61.0 Å². The fraction of sp³-hybridized carbons (Fsp3) is 0.273. The highest BCUT2D eigenvalue weighted by molar-refractivity contribution is 6.01. The third-order valence-electron chi connectivity index (χ3n) is 4.42. The van der Waals surface area contributed by atoms with E-state index in [1.54, 1.807) is 6.07 Å². The van der Waals surface area contributed by atoms with E-state index >= 15 is 0 Å². The maximum absolute atomic E-state index is 12.3. The number of nitrogens with one attached hydrogen (secondary N) is 1. The number of nitriles is 1. The molecule has 31 heavy (non-hydrogen) atoms. The molecule has 0 saturated heterocycles. The molecule has 0 aliphatic carbocycles. The van der Waals surface area contributed by atoms with Gasteiger partial charge in [-0.15, -0.1) is 0 Å². The number of esters is 1. The van der Waals surface area contributed by atoms with Crippen molar-refractivity contribution in [1.82, 2.24) is 9.88 Å². The van der Waals surface area contributed by atoms with E-state index in [9.17, 15) is 19.6 Å². The summed E-state index contributed by atoms with van der Waals surface area (Å²) < 4.78 is 12.4. The van der Waals surface area contributed by atoms with Gasteiger partial charge in [0.1, 0.15) is 17.4 Å². The molecule has 0 bridgehead atoms. The van der Waals surface area contributed by atoms with Crippen LogP contribution in [-0.4, -0.2) is 35.2 Å². The van der Waals surface area contributed by atoms with Crippen LogP contribution in [0.3, 0.4) is 0 Å². The lowest BCUT2D eigenvalue weighted by molar-refractivity contribution is -0.150. The number of ether oxygens (including phenoxy) is 2. The summed E-state index contributed by atoms with van der Waals surface area (Å²) in [5.74, 6) is -1.11. The molecule has 1 aromatic carbocycles. The first-order valence-electron chi connectivity index (χ1n) is 9.53. The molecule has 3 amide bonds. The third-order valence-corrected chi connectivity index (χ3v) is 4.42. The molecule has 0 fully saturated rings. The van der Waals surface area contributed by atoms with Crippen molar-refractivity contribution in [2.45, 2.75) is 33.8 Å². The van der Waals surface area contributed by atoms with Crippen molar-refractivity contribution in [1.29, 1.82) is 5.26 Å². The number of benzene rings is 1. The minimum absolute atomic E-state index is 0.286. The van der Waals surface area contributed by atoms with Crippen LogP contribution in [0.4, 0.5) is 4.79 Å². The Morgan fingerprint density at radius 1 is 1.26 bits per heavy atom. The summed E-state index contributed by atoms with van der Waals surface area (Å²) in [6.07, 6.45) is 0.0991. The average molecular weight is 424 g/mol. The monoisotopic (exact) mass is 424 g/mol. The van der Waals surface area contributed by atoms with Gasteiger partial charge in [0, 0.05) is 17.1 Å². The number of rotatable bonds is 7. The van der Waals surface area contributed by atoms with E-state index in [0.717, 1.165) is 22.8 Å². The molecular weight excluding hydrogens is 400 g/mol. The summed E-state index contributed by atoms with van der Waals surface area (Å²) in [5, 5.41) is 11.2. The number of aromatic nitrogens is 1. The van der Waals surface area contributed by atoms with Crippen LogP contribution < -0.4 is 15.8 Å². The number of imide groups is 1. The van der Waals surface area contributed by atoms with Crippen molar-refractivity contribution in [3.8, 4) is 17.5 Å². The summed E-state index contributed by atoms with van der Waals surface area (Å²) >= 11 is 0. The van der Waals surface area contributed by atoms with Gasteiger partial charge in [0.05, 0.1) is 6.61 Å². The van der Waals surface area contributed by atoms with E-state index in [4.69, 9.17) is 15.2 Å². The van der Waals surface area contributed by atoms with Crippen LogP contribution in [0.25, 0.3) is 11.8 Å². The SMILES string of the molecule is CCOc1ccc(-n2c(C)cc(/C=C(\C#N)C(=O)OC(C)C(=O)NC(N)=O)c2C)cc1. The number of carbonyl (C=O) groups excluding carboxylic acids is 3. The van der Waals surface area contributed by atoms with Crippen LogP contribution in [0, 0.1) is 25.2 Å². The van der Waals surface area contributed by atoms with Gasteiger partial charge in [0.25, 0.3) is 5.91 Å². The summed E-state index contributed by atoms with van der Waals surface area (Å²) in [6, 6.07) is 10.1. The number of amides is 3. The van der Waals surface area contributed by atoms with Crippen LogP contribution >= 0.6 is 0 Å². The first-order chi connectivity index (χ1) is 14.7. The molecule has 0 radical (unpaired) electrons. The topological polar surface area (TPSA) is 136 Å². The van der Waals surface area contributed by atoms with Gasteiger partial charge in [-0.3, -0.25) is 10.1 Å². The Morgan fingerprint density at radius 3 is 2.45 bits per heavy atom.